The molecule has 0 spiro atoms. The summed E-state index contributed by atoms with van der Waals surface area (Å²) in [7, 11) is 1.45. The average Bonchev–Trinajstić information content (AvgIpc) is 3.29. The van der Waals surface area contributed by atoms with Gasteiger partial charge in [0, 0.05) is 29.0 Å². The van der Waals surface area contributed by atoms with Crippen molar-refractivity contribution in [3.8, 4) is 5.88 Å². The van der Waals surface area contributed by atoms with Crippen molar-refractivity contribution in [2.45, 2.75) is 20.4 Å². The molecule has 3 heterocycles. The number of ether oxygens (including phenoxy) is 1. The van der Waals surface area contributed by atoms with Crippen LogP contribution in [-0.4, -0.2) is 33.3 Å². The number of pyridine rings is 1. The van der Waals surface area contributed by atoms with E-state index < -0.39 is 17.5 Å². The molecular weight excluding hydrogens is 455 g/mol. The lowest BCUT2D eigenvalue weighted by Gasteiger charge is -2.07. The number of anilines is 1. The van der Waals surface area contributed by atoms with Crippen molar-refractivity contribution in [2.24, 2.45) is 0 Å². The molecule has 0 unspecified atom stereocenters. The van der Waals surface area contributed by atoms with Gasteiger partial charge in [0.05, 0.1) is 30.9 Å². The summed E-state index contributed by atoms with van der Waals surface area (Å²) >= 11 is 7.29. The summed E-state index contributed by atoms with van der Waals surface area (Å²) in [6.45, 7) is 3.62. The lowest BCUT2D eigenvalue weighted by molar-refractivity contribution is -0.112. The molecule has 0 aliphatic rings. The van der Waals surface area contributed by atoms with Gasteiger partial charge < -0.3 is 14.6 Å². The second kappa shape index (κ2) is 8.68. The van der Waals surface area contributed by atoms with E-state index in [-0.39, 0.29) is 5.56 Å². The summed E-state index contributed by atoms with van der Waals surface area (Å²) in [5, 5.41) is 3.77. The van der Waals surface area contributed by atoms with Crippen molar-refractivity contribution in [3.05, 3.63) is 68.6 Å². The van der Waals surface area contributed by atoms with Crippen LogP contribution in [0, 0.1) is 19.7 Å². The zero-order valence-electron chi connectivity index (χ0n) is 17.4. The van der Waals surface area contributed by atoms with Crippen LogP contribution in [0.25, 0.3) is 10.9 Å². The third-order valence-electron chi connectivity index (χ3n) is 5.06. The number of halogens is 2. The molecule has 4 aromatic rings. The Bertz CT molecular complexity index is 1360. The van der Waals surface area contributed by atoms with Gasteiger partial charge in [0.25, 0.3) is 11.7 Å². The van der Waals surface area contributed by atoms with Crippen LogP contribution in [0.5, 0.6) is 5.88 Å². The molecule has 0 saturated heterocycles. The molecule has 0 atom stereocenters. The molecule has 0 aliphatic carbocycles. The minimum absolute atomic E-state index is 0.212. The number of fused-ring (bicyclic) bond motifs is 1. The first kappa shape index (κ1) is 21.9. The van der Waals surface area contributed by atoms with Crippen LogP contribution in [-0.2, 0) is 11.3 Å². The highest BCUT2D eigenvalue weighted by atomic mass is 35.5. The Morgan fingerprint density at radius 2 is 2.03 bits per heavy atom. The molecule has 7 nitrogen and oxygen atoms in total. The summed E-state index contributed by atoms with van der Waals surface area (Å²) < 4.78 is 21.7. The normalized spacial score (nSPS) is 11.0. The summed E-state index contributed by atoms with van der Waals surface area (Å²) in [6, 6.07) is 6.01. The van der Waals surface area contributed by atoms with E-state index in [0.29, 0.717) is 49.6 Å². The Labute approximate surface area is 191 Å². The summed E-state index contributed by atoms with van der Waals surface area (Å²) in [6.07, 6.45) is 3.00. The summed E-state index contributed by atoms with van der Waals surface area (Å²) in [5.41, 5.74) is 1.99. The SMILES string of the molecule is COc1cc(NC(=O)C(=O)c2c(C)n(Cc3ncc(Cl)s3)c3cc(F)c(C)cc23)ccn1. The standard InChI is InChI=1S/C22H18ClFN4O3S/c1-11-6-14-16(8-15(11)24)28(10-19-26-9-17(23)32-19)12(2)20(14)21(29)22(30)27-13-4-5-25-18(7-13)31-3/h4-9H,10H2,1-3H3,(H,25,27,30). The zero-order chi connectivity index (χ0) is 23.0. The number of hydrogen-bond acceptors (Lipinski definition) is 6. The molecule has 0 radical (unpaired) electrons. The number of thiazole rings is 1. The van der Waals surface area contributed by atoms with E-state index in [1.165, 1.54) is 43.0 Å². The highest BCUT2D eigenvalue weighted by Gasteiger charge is 2.26. The van der Waals surface area contributed by atoms with Crippen molar-refractivity contribution >= 4 is 51.2 Å². The number of methoxy groups -OCH3 is 1. The van der Waals surface area contributed by atoms with Crippen molar-refractivity contribution in [2.75, 3.05) is 12.4 Å². The summed E-state index contributed by atoms with van der Waals surface area (Å²) in [5.74, 6) is -1.65. The molecule has 0 saturated carbocycles. The Kier molecular flexibility index (Phi) is 5.94. The number of aromatic nitrogens is 3. The van der Waals surface area contributed by atoms with E-state index in [0.717, 1.165) is 0 Å². The first-order chi connectivity index (χ1) is 15.3. The van der Waals surface area contributed by atoms with E-state index in [1.807, 2.05) is 0 Å². The van der Waals surface area contributed by atoms with Crippen LogP contribution in [0.3, 0.4) is 0 Å². The molecule has 0 aliphatic heterocycles. The third kappa shape index (κ3) is 4.09. The fourth-order valence-electron chi connectivity index (χ4n) is 3.49. The highest BCUT2D eigenvalue weighted by molar-refractivity contribution is 7.15. The van der Waals surface area contributed by atoms with E-state index in [4.69, 9.17) is 16.3 Å². The van der Waals surface area contributed by atoms with Gasteiger partial charge in [0.1, 0.15) is 15.2 Å². The second-order valence-corrected chi connectivity index (χ2v) is 8.84. The van der Waals surface area contributed by atoms with Crippen LogP contribution < -0.4 is 10.1 Å². The monoisotopic (exact) mass is 472 g/mol. The van der Waals surface area contributed by atoms with Gasteiger partial charge in [-0.05, 0) is 37.6 Å². The highest BCUT2D eigenvalue weighted by Crippen LogP contribution is 2.31. The van der Waals surface area contributed by atoms with Gasteiger partial charge in [-0.15, -0.1) is 11.3 Å². The number of rotatable bonds is 6. The average molecular weight is 473 g/mol. The molecule has 4 rings (SSSR count). The number of amides is 1. The number of aryl methyl sites for hydroxylation is 1. The predicted octanol–water partition coefficient (Wildman–Crippen LogP) is 4.78. The predicted molar refractivity (Wildman–Crippen MR) is 121 cm³/mol. The van der Waals surface area contributed by atoms with E-state index >= 15 is 0 Å². The number of hydrogen-bond donors (Lipinski definition) is 1. The molecule has 0 bridgehead atoms. The number of nitrogens with one attached hydrogen (secondary N) is 1. The molecule has 1 amide bonds. The van der Waals surface area contributed by atoms with E-state index in [2.05, 4.69) is 15.3 Å². The van der Waals surface area contributed by atoms with Gasteiger partial charge in [-0.25, -0.2) is 14.4 Å². The molecule has 1 aromatic carbocycles. The van der Waals surface area contributed by atoms with E-state index in [1.54, 1.807) is 30.5 Å². The van der Waals surface area contributed by atoms with Gasteiger partial charge >= 0.3 is 0 Å². The van der Waals surface area contributed by atoms with Gasteiger partial charge in [-0.3, -0.25) is 9.59 Å². The van der Waals surface area contributed by atoms with Gasteiger partial charge in [0.2, 0.25) is 5.88 Å². The van der Waals surface area contributed by atoms with Crippen molar-refractivity contribution in [1.82, 2.24) is 14.5 Å². The Morgan fingerprint density at radius 3 is 2.72 bits per heavy atom. The fraction of sp³-hybridized carbons (Fsp3) is 0.182. The number of carbonyl (C=O) groups is 2. The van der Waals surface area contributed by atoms with Crippen LogP contribution in [0.4, 0.5) is 10.1 Å². The van der Waals surface area contributed by atoms with Crippen LogP contribution in [0.15, 0.2) is 36.7 Å². The zero-order valence-corrected chi connectivity index (χ0v) is 19.0. The quantitative estimate of drug-likeness (QED) is 0.322. The third-order valence-corrected chi connectivity index (χ3v) is 6.16. The van der Waals surface area contributed by atoms with Crippen molar-refractivity contribution in [1.29, 1.82) is 0 Å². The van der Waals surface area contributed by atoms with Crippen LogP contribution in [0.2, 0.25) is 4.34 Å². The molecule has 3 aromatic heterocycles. The molecule has 10 heteroatoms. The van der Waals surface area contributed by atoms with Crippen LogP contribution in [0.1, 0.15) is 26.6 Å². The topological polar surface area (TPSA) is 86.1 Å². The number of ketones is 1. The van der Waals surface area contributed by atoms with Crippen molar-refractivity contribution in [3.63, 3.8) is 0 Å². The first-order valence-corrected chi connectivity index (χ1v) is 10.7. The number of benzene rings is 1. The minimum atomic E-state index is -0.820. The Morgan fingerprint density at radius 1 is 1.25 bits per heavy atom. The largest absolute Gasteiger partial charge is 0.481 e. The number of carbonyl (C=O) groups excluding carboxylic acids is 2. The lowest BCUT2D eigenvalue weighted by atomic mass is 10.0. The lowest BCUT2D eigenvalue weighted by Crippen LogP contribution is -2.23. The minimum Gasteiger partial charge on any atom is -0.481 e. The number of Topliss-reactive ketones (excluding diaryl/α,β-unsaturated/α-hetero) is 1. The number of nitrogens with zero attached hydrogens (tertiary/aromatic N) is 3. The molecule has 32 heavy (non-hydrogen) atoms. The van der Waals surface area contributed by atoms with Crippen LogP contribution >= 0.6 is 22.9 Å². The molecule has 1 N–H and O–H groups in total. The molecular formula is C22H18ClFN4O3S. The smallest absolute Gasteiger partial charge is 0.296 e. The maximum absolute atomic E-state index is 14.4. The first-order valence-electron chi connectivity index (χ1n) is 9.53. The van der Waals surface area contributed by atoms with Gasteiger partial charge in [-0.2, -0.15) is 0 Å². The fourth-order valence-corrected chi connectivity index (χ4v) is 4.44. The maximum Gasteiger partial charge on any atom is 0.296 e. The molecule has 0 fully saturated rings. The maximum atomic E-state index is 14.4. The van der Waals surface area contributed by atoms with Gasteiger partial charge in [0.15, 0.2) is 0 Å². The second-order valence-electron chi connectivity index (χ2n) is 7.09. The Balaban J connectivity index is 1.76. The van der Waals surface area contributed by atoms with Gasteiger partial charge in [-0.1, -0.05) is 11.6 Å². The van der Waals surface area contributed by atoms with Crippen molar-refractivity contribution < 1.29 is 18.7 Å². The van der Waals surface area contributed by atoms with E-state index in [9.17, 15) is 14.0 Å². The molecule has 164 valence electrons. The summed E-state index contributed by atoms with van der Waals surface area (Å²) in [4.78, 5) is 34.2. The Hall–Kier alpha value is -3.30.